The van der Waals surface area contributed by atoms with Gasteiger partial charge in [-0.2, -0.15) is 0 Å². The highest BCUT2D eigenvalue weighted by Gasteiger charge is 2.05. The maximum Gasteiger partial charge on any atom is 0.0462 e. The Morgan fingerprint density at radius 1 is 1.26 bits per heavy atom. The first-order chi connectivity index (χ1) is 9.02. The van der Waals surface area contributed by atoms with Gasteiger partial charge < -0.3 is 5.32 Å². The van der Waals surface area contributed by atoms with Gasteiger partial charge >= 0.3 is 0 Å². The molecule has 1 N–H and O–H groups in total. The fourth-order valence-corrected chi connectivity index (χ4v) is 3.00. The molecule has 0 amide bonds. The van der Waals surface area contributed by atoms with Gasteiger partial charge in [-0.05, 0) is 36.1 Å². The van der Waals surface area contributed by atoms with Gasteiger partial charge in [0.15, 0.2) is 0 Å². The third-order valence-corrected chi connectivity index (χ3v) is 4.80. The van der Waals surface area contributed by atoms with Crippen molar-refractivity contribution < 1.29 is 0 Å². The van der Waals surface area contributed by atoms with E-state index in [1.165, 1.54) is 16.9 Å². The zero-order valence-electron chi connectivity index (χ0n) is 12.5. The lowest BCUT2D eigenvalue weighted by atomic mass is 10.2. The monoisotopic (exact) mass is 299 g/mol. The topological polar surface area (TPSA) is 12.0 Å². The van der Waals surface area contributed by atoms with E-state index in [0.29, 0.717) is 5.92 Å². The SMILES string of the molecule is CCC(C)CSc1ccc(CNCC(C)C)c(Cl)c1. The van der Waals surface area contributed by atoms with Crippen molar-refractivity contribution in [1.29, 1.82) is 0 Å². The number of nitrogens with one attached hydrogen (secondary N) is 1. The van der Waals surface area contributed by atoms with Crippen molar-refractivity contribution in [2.75, 3.05) is 12.3 Å². The van der Waals surface area contributed by atoms with Gasteiger partial charge in [-0.3, -0.25) is 0 Å². The average molecular weight is 300 g/mol. The molecule has 0 spiro atoms. The smallest absolute Gasteiger partial charge is 0.0462 e. The van der Waals surface area contributed by atoms with E-state index in [4.69, 9.17) is 11.6 Å². The number of hydrogen-bond acceptors (Lipinski definition) is 2. The summed E-state index contributed by atoms with van der Waals surface area (Å²) < 4.78 is 0. The van der Waals surface area contributed by atoms with Gasteiger partial charge in [-0.1, -0.05) is 51.8 Å². The van der Waals surface area contributed by atoms with Crippen LogP contribution in [0.1, 0.15) is 39.7 Å². The number of rotatable bonds is 8. The quantitative estimate of drug-likeness (QED) is 0.660. The van der Waals surface area contributed by atoms with Gasteiger partial charge in [0.1, 0.15) is 0 Å². The Kier molecular flexibility index (Phi) is 7.89. The number of halogens is 1. The molecule has 3 heteroatoms. The summed E-state index contributed by atoms with van der Waals surface area (Å²) in [6.45, 7) is 10.8. The second-order valence-corrected chi connectivity index (χ2v) is 7.10. The second kappa shape index (κ2) is 8.89. The Balaban J connectivity index is 2.49. The highest BCUT2D eigenvalue weighted by Crippen LogP contribution is 2.27. The van der Waals surface area contributed by atoms with Crippen molar-refractivity contribution in [3.63, 3.8) is 0 Å². The van der Waals surface area contributed by atoms with Crippen LogP contribution in [0.2, 0.25) is 5.02 Å². The normalized spacial score (nSPS) is 12.9. The van der Waals surface area contributed by atoms with Crippen molar-refractivity contribution in [3.05, 3.63) is 28.8 Å². The van der Waals surface area contributed by atoms with Crippen molar-refractivity contribution in [1.82, 2.24) is 5.32 Å². The van der Waals surface area contributed by atoms with Crippen LogP contribution >= 0.6 is 23.4 Å². The summed E-state index contributed by atoms with van der Waals surface area (Å²) in [5, 5.41) is 4.31. The first-order valence-electron chi connectivity index (χ1n) is 7.14. The molecule has 1 atom stereocenters. The maximum atomic E-state index is 6.34. The molecule has 0 aliphatic heterocycles. The molecule has 19 heavy (non-hydrogen) atoms. The van der Waals surface area contributed by atoms with E-state index in [-0.39, 0.29) is 0 Å². The summed E-state index contributed by atoms with van der Waals surface area (Å²) in [7, 11) is 0. The molecule has 1 aromatic carbocycles. The summed E-state index contributed by atoms with van der Waals surface area (Å²) in [5.41, 5.74) is 1.19. The van der Waals surface area contributed by atoms with Crippen LogP contribution in [0.25, 0.3) is 0 Å². The van der Waals surface area contributed by atoms with Crippen LogP contribution in [-0.2, 0) is 6.54 Å². The van der Waals surface area contributed by atoms with Crippen LogP contribution in [0.3, 0.4) is 0 Å². The predicted molar refractivity (Wildman–Crippen MR) is 88.2 cm³/mol. The van der Waals surface area contributed by atoms with E-state index in [1.807, 2.05) is 11.8 Å². The van der Waals surface area contributed by atoms with E-state index in [2.05, 4.69) is 51.2 Å². The minimum atomic E-state index is 0.670. The molecule has 0 radical (unpaired) electrons. The Labute approximate surface area is 127 Å². The second-order valence-electron chi connectivity index (χ2n) is 5.60. The largest absolute Gasteiger partial charge is 0.312 e. The summed E-state index contributed by atoms with van der Waals surface area (Å²) in [6.07, 6.45) is 1.23. The summed E-state index contributed by atoms with van der Waals surface area (Å²) >= 11 is 8.24. The fourth-order valence-electron chi connectivity index (χ4n) is 1.61. The first kappa shape index (κ1) is 16.9. The van der Waals surface area contributed by atoms with Crippen LogP contribution in [-0.4, -0.2) is 12.3 Å². The molecule has 1 nitrogen and oxygen atoms in total. The molecule has 1 rings (SSSR count). The molecule has 0 heterocycles. The summed E-state index contributed by atoms with van der Waals surface area (Å²) in [6, 6.07) is 6.43. The number of benzene rings is 1. The Bertz CT molecular complexity index is 379. The highest BCUT2D eigenvalue weighted by atomic mass is 35.5. The molecule has 0 saturated heterocycles. The summed E-state index contributed by atoms with van der Waals surface area (Å²) in [5.74, 6) is 2.60. The Hall–Kier alpha value is -0.180. The third-order valence-electron chi connectivity index (χ3n) is 3.12. The van der Waals surface area contributed by atoms with E-state index in [0.717, 1.165) is 29.8 Å². The van der Waals surface area contributed by atoms with Crippen LogP contribution in [0, 0.1) is 11.8 Å². The highest BCUT2D eigenvalue weighted by molar-refractivity contribution is 7.99. The zero-order chi connectivity index (χ0) is 14.3. The van der Waals surface area contributed by atoms with E-state index >= 15 is 0 Å². The van der Waals surface area contributed by atoms with Gasteiger partial charge in [-0.15, -0.1) is 11.8 Å². The van der Waals surface area contributed by atoms with E-state index in [9.17, 15) is 0 Å². The van der Waals surface area contributed by atoms with E-state index in [1.54, 1.807) is 0 Å². The molecule has 0 bridgehead atoms. The predicted octanol–water partition coefficient (Wildman–Crippen LogP) is 5.22. The standard InChI is InChI=1S/C16H26ClNS/c1-5-13(4)11-19-15-7-6-14(16(17)8-15)10-18-9-12(2)3/h6-8,12-13,18H,5,9-11H2,1-4H3. The van der Waals surface area contributed by atoms with Crippen molar-refractivity contribution in [2.24, 2.45) is 11.8 Å². The summed E-state index contributed by atoms with van der Waals surface area (Å²) in [4.78, 5) is 1.28. The Morgan fingerprint density at radius 2 is 2.00 bits per heavy atom. The van der Waals surface area contributed by atoms with Crippen LogP contribution in [0.5, 0.6) is 0 Å². The molecule has 1 unspecified atom stereocenters. The lowest BCUT2D eigenvalue weighted by Crippen LogP contribution is -2.19. The lowest BCUT2D eigenvalue weighted by molar-refractivity contribution is 0.552. The minimum absolute atomic E-state index is 0.670. The van der Waals surface area contributed by atoms with Crippen LogP contribution in [0.4, 0.5) is 0 Å². The molecule has 0 aliphatic rings. The molecular formula is C16H26ClNS. The first-order valence-corrected chi connectivity index (χ1v) is 8.51. The molecule has 0 fully saturated rings. The average Bonchev–Trinajstić information content (AvgIpc) is 2.37. The molecule has 0 aliphatic carbocycles. The van der Waals surface area contributed by atoms with Gasteiger partial charge in [0.05, 0.1) is 0 Å². The van der Waals surface area contributed by atoms with Crippen molar-refractivity contribution in [2.45, 2.75) is 45.6 Å². The molecule has 0 aromatic heterocycles. The fraction of sp³-hybridized carbons (Fsp3) is 0.625. The van der Waals surface area contributed by atoms with Crippen LogP contribution < -0.4 is 5.32 Å². The zero-order valence-corrected chi connectivity index (χ0v) is 14.1. The molecule has 108 valence electrons. The maximum absolute atomic E-state index is 6.34. The van der Waals surface area contributed by atoms with Gasteiger partial charge in [-0.25, -0.2) is 0 Å². The number of thioether (sulfide) groups is 1. The van der Waals surface area contributed by atoms with Gasteiger partial charge in [0, 0.05) is 22.2 Å². The van der Waals surface area contributed by atoms with Gasteiger partial charge in [0.25, 0.3) is 0 Å². The Morgan fingerprint density at radius 3 is 2.58 bits per heavy atom. The lowest BCUT2D eigenvalue weighted by Gasteiger charge is -2.11. The van der Waals surface area contributed by atoms with Gasteiger partial charge in [0.2, 0.25) is 0 Å². The minimum Gasteiger partial charge on any atom is -0.312 e. The van der Waals surface area contributed by atoms with Crippen LogP contribution in [0.15, 0.2) is 23.1 Å². The van der Waals surface area contributed by atoms with Crippen molar-refractivity contribution in [3.8, 4) is 0 Å². The third kappa shape index (κ3) is 6.69. The number of hydrogen-bond donors (Lipinski definition) is 1. The van der Waals surface area contributed by atoms with E-state index < -0.39 is 0 Å². The van der Waals surface area contributed by atoms with Crippen molar-refractivity contribution >= 4 is 23.4 Å². The molecule has 1 aromatic rings. The molecule has 0 saturated carbocycles. The molecular weight excluding hydrogens is 274 g/mol.